The maximum absolute atomic E-state index is 3.78. The Kier molecular flexibility index (Phi) is 2.44. The molecule has 1 rings (SSSR count). The van der Waals surface area contributed by atoms with Gasteiger partial charge in [-0.2, -0.15) is 0 Å². The number of likely N-dealkylation sites (N-methyl/N-ethyl adjacent to an activating group) is 1. The molecule has 0 aliphatic carbocycles. The maximum Gasteiger partial charge on any atom is 0.0971 e. The van der Waals surface area contributed by atoms with Crippen LogP contribution < -0.4 is 0 Å². The van der Waals surface area contributed by atoms with Gasteiger partial charge in [-0.25, -0.2) is 0 Å². The number of allylic oxidation sites excluding steroid dienone is 1. The van der Waals surface area contributed by atoms with Gasteiger partial charge >= 0.3 is 0 Å². The number of thioether (sulfide) groups is 1. The van der Waals surface area contributed by atoms with Gasteiger partial charge in [-0.15, -0.1) is 18.3 Å². The molecule has 10 heavy (non-hydrogen) atoms. The van der Waals surface area contributed by atoms with Crippen molar-refractivity contribution in [1.29, 1.82) is 0 Å². The highest BCUT2D eigenvalue weighted by Gasteiger charge is 2.18. The first-order valence-electron chi connectivity index (χ1n) is 3.51. The van der Waals surface area contributed by atoms with Crippen LogP contribution in [0.4, 0.5) is 0 Å². The van der Waals surface area contributed by atoms with Crippen LogP contribution in [-0.4, -0.2) is 16.8 Å². The molecular formula is C8H13NS. The van der Waals surface area contributed by atoms with E-state index in [4.69, 9.17) is 0 Å². The minimum absolute atomic E-state index is 0.477. The fraction of sp³-hybridized carbons (Fsp3) is 0.500. The van der Waals surface area contributed by atoms with Crippen LogP contribution in [0.3, 0.4) is 0 Å². The van der Waals surface area contributed by atoms with Crippen LogP contribution in [0, 0.1) is 0 Å². The summed E-state index contributed by atoms with van der Waals surface area (Å²) in [5, 5.41) is 2.67. The van der Waals surface area contributed by atoms with Crippen molar-refractivity contribution in [1.82, 2.24) is 4.90 Å². The smallest absolute Gasteiger partial charge is 0.0971 e. The Morgan fingerprint density at radius 1 is 1.90 bits per heavy atom. The highest BCUT2D eigenvalue weighted by molar-refractivity contribution is 8.03. The van der Waals surface area contributed by atoms with E-state index in [-0.39, 0.29) is 0 Å². The summed E-state index contributed by atoms with van der Waals surface area (Å²) in [6.45, 7) is 9.16. The zero-order valence-corrected chi connectivity index (χ0v) is 7.32. The topological polar surface area (TPSA) is 3.24 Å². The van der Waals surface area contributed by atoms with Crippen molar-refractivity contribution in [3.63, 3.8) is 0 Å². The summed E-state index contributed by atoms with van der Waals surface area (Å²) in [4.78, 5) is 2.33. The average molecular weight is 155 g/mol. The van der Waals surface area contributed by atoms with Crippen LogP contribution in [-0.2, 0) is 0 Å². The predicted molar refractivity (Wildman–Crippen MR) is 47.7 cm³/mol. The molecule has 0 saturated heterocycles. The van der Waals surface area contributed by atoms with Gasteiger partial charge in [0.15, 0.2) is 0 Å². The van der Waals surface area contributed by atoms with Crippen molar-refractivity contribution < 1.29 is 0 Å². The minimum Gasteiger partial charge on any atom is -0.359 e. The van der Waals surface area contributed by atoms with Gasteiger partial charge in [0, 0.05) is 12.2 Å². The summed E-state index contributed by atoms with van der Waals surface area (Å²) in [5.41, 5.74) is 1.36. The Morgan fingerprint density at radius 3 is 3.00 bits per heavy atom. The molecule has 0 radical (unpaired) electrons. The lowest BCUT2D eigenvalue weighted by atomic mass is 10.4. The monoisotopic (exact) mass is 155 g/mol. The fourth-order valence-corrected chi connectivity index (χ4v) is 2.17. The summed E-state index contributed by atoms with van der Waals surface area (Å²) >= 11 is 1.83. The van der Waals surface area contributed by atoms with E-state index >= 15 is 0 Å². The minimum atomic E-state index is 0.477. The first kappa shape index (κ1) is 7.73. The summed E-state index contributed by atoms with van der Waals surface area (Å²) in [7, 11) is 0. The van der Waals surface area contributed by atoms with Crippen molar-refractivity contribution in [2.75, 3.05) is 6.54 Å². The fourth-order valence-electron chi connectivity index (χ4n) is 1.12. The second kappa shape index (κ2) is 3.15. The standard InChI is InChI=1S/C8H13NS/c1-4-8-9(5-2)7(3)6-10-8/h4,6,8H,1,5H2,2-3H3. The number of nitrogens with zero attached hydrogens (tertiary/aromatic N) is 1. The largest absolute Gasteiger partial charge is 0.359 e. The SMILES string of the molecule is C=CC1SC=C(C)N1CC. The maximum atomic E-state index is 3.78. The Balaban J connectivity index is 2.62. The van der Waals surface area contributed by atoms with Gasteiger partial charge in [0.25, 0.3) is 0 Å². The molecule has 1 nitrogen and oxygen atoms in total. The highest BCUT2D eigenvalue weighted by atomic mass is 32.2. The molecule has 0 aromatic heterocycles. The molecule has 0 bridgehead atoms. The number of hydrogen-bond donors (Lipinski definition) is 0. The van der Waals surface area contributed by atoms with Crippen molar-refractivity contribution in [3.8, 4) is 0 Å². The quantitative estimate of drug-likeness (QED) is 0.563. The molecule has 0 amide bonds. The molecule has 0 saturated carbocycles. The second-order valence-electron chi connectivity index (χ2n) is 2.31. The molecule has 0 fully saturated rings. The van der Waals surface area contributed by atoms with E-state index in [1.807, 2.05) is 17.8 Å². The second-order valence-corrected chi connectivity index (χ2v) is 3.30. The predicted octanol–water partition coefficient (Wildman–Crippen LogP) is 2.43. The lowest BCUT2D eigenvalue weighted by Crippen LogP contribution is -2.25. The van der Waals surface area contributed by atoms with E-state index in [0.29, 0.717) is 5.37 Å². The molecule has 1 heterocycles. The Morgan fingerprint density at radius 2 is 2.60 bits per heavy atom. The van der Waals surface area contributed by atoms with Gasteiger partial charge in [-0.05, 0) is 19.3 Å². The third-order valence-corrected chi connectivity index (χ3v) is 2.88. The molecule has 1 atom stereocenters. The van der Waals surface area contributed by atoms with Gasteiger partial charge in [-0.1, -0.05) is 6.08 Å². The van der Waals surface area contributed by atoms with Crippen LogP contribution in [0.15, 0.2) is 23.8 Å². The van der Waals surface area contributed by atoms with E-state index < -0.39 is 0 Å². The summed E-state index contributed by atoms with van der Waals surface area (Å²) in [6, 6.07) is 0. The lowest BCUT2D eigenvalue weighted by molar-refractivity contribution is 0.387. The third-order valence-electron chi connectivity index (χ3n) is 1.68. The van der Waals surface area contributed by atoms with Gasteiger partial charge in [0.2, 0.25) is 0 Å². The van der Waals surface area contributed by atoms with Crippen molar-refractivity contribution in [3.05, 3.63) is 23.8 Å². The number of rotatable bonds is 2. The lowest BCUT2D eigenvalue weighted by Gasteiger charge is -2.23. The van der Waals surface area contributed by atoms with E-state index in [9.17, 15) is 0 Å². The summed E-state index contributed by atoms with van der Waals surface area (Å²) < 4.78 is 0. The van der Waals surface area contributed by atoms with Crippen molar-refractivity contribution >= 4 is 11.8 Å². The van der Waals surface area contributed by atoms with Crippen molar-refractivity contribution in [2.24, 2.45) is 0 Å². The molecule has 1 aliphatic rings. The van der Waals surface area contributed by atoms with Crippen molar-refractivity contribution in [2.45, 2.75) is 19.2 Å². The van der Waals surface area contributed by atoms with Gasteiger partial charge < -0.3 is 4.90 Å². The number of hydrogen-bond acceptors (Lipinski definition) is 2. The Hall–Kier alpha value is -0.370. The van der Waals surface area contributed by atoms with Gasteiger partial charge in [0.05, 0.1) is 5.37 Å². The molecular weight excluding hydrogens is 142 g/mol. The average Bonchev–Trinajstić information content (AvgIpc) is 2.30. The Labute approximate surface area is 66.8 Å². The van der Waals surface area contributed by atoms with Gasteiger partial charge in [-0.3, -0.25) is 0 Å². The Bertz CT molecular complexity index is 163. The molecule has 56 valence electrons. The van der Waals surface area contributed by atoms with Crippen LogP contribution in [0.25, 0.3) is 0 Å². The normalized spacial score (nSPS) is 24.8. The summed E-state index contributed by atoms with van der Waals surface area (Å²) in [6.07, 6.45) is 1.99. The molecule has 1 aliphatic heterocycles. The molecule has 0 N–H and O–H groups in total. The zero-order valence-electron chi connectivity index (χ0n) is 6.50. The van der Waals surface area contributed by atoms with Gasteiger partial charge in [0.1, 0.15) is 0 Å². The van der Waals surface area contributed by atoms with Crippen LogP contribution in [0.5, 0.6) is 0 Å². The van der Waals surface area contributed by atoms with E-state index in [1.165, 1.54) is 5.70 Å². The summed E-state index contributed by atoms with van der Waals surface area (Å²) in [5.74, 6) is 0. The first-order chi connectivity index (χ1) is 4.79. The molecule has 1 unspecified atom stereocenters. The highest BCUT2D eigenvalue weighted by Crippen LogP contribution is 2.30. The van der Waals surface area contributed by atoms with Crippen LogP contribution >= 0.6 is 11.8 Å². The van der Waals surface area contributed by atoms with E-state index in [0.717, 1.165) is 6.54 Å². The van der Waals surface area contributed by atoms with Crippen LogP contribution in [0.1, 0.15) is 13.8 Å². The van der Waals surface area contributed by atoms with E-state index in [2.05, 4.69) is 30.7 Å². The first-order valence-corrected chi connectivity index (χ1v) is 4.45. The molecule has 0 aromatic carbocycles. The molecule has 0 aromatic rings. The molecule has 2 heteroatoms. The third kappa shape index (κ3) is 1.21. The van der Waals surface area contributed by atoms with Crippen LogP contribution in [0.2, 0.25) is 0 Å². The molecule has 0 spiro atoms. The zero-order chi connectivity index (χ0) is 7.56. The van der Waals surface area contributed by atoms with E-state index in [1.54, 1.807) is 0 Å².